The number of carbonyl (C=O) groups is 2. The summed E-state index contributed by atoms with van der Waals surface area (Å²) < 4.78 is 0. The second-order valence-corrected chi connectivity index (χ2v) is 6.29. The van der Waals surface area contributed by atoms with Crippen LogP contribution >= 0.6 is 0 Å². The van der Waals surface area contributed by atoms with Crippen molar-refractivity contribution in [2.45, 2.75) is 19.4 Å². The van der Waals surface area contributed by atoms with E-state index in [4.69, 9.17) is 5.73 Å². The molecule has 7 nitrogen and oxygen atoms in total. The van der Waals surface area contributed by atoms with Crippen molar-refractivity contribution in [1.82, 2.24) is 20.2 Å². The van der Waals surface area contributed by atoms with Crippen molar-refractivity contribution < 1.29 is 9.59 Å². The summed E-state index contributed by atoms with van der Waals surface area (Å²) in [5.41, 5.74) is 7.73. The highest BCUT2D eigenvalue weighted by molar-refractivity contribution is 5.93. The first kappa shape index (κ1) is 17.2. The molecule has 0 aliphatic carbocycles. The van der Waals surface area contributed by atoms with Gasteiger partial charge in [0.2, 0.25) is 5.91 Å². The number of nitrogens with zero attached hydrogens (tertiary/aromatic N) is 2. The van der Waals surface area contributed by atoms with Crippen LogP contribution in [0.15, 0.2) is 36.7 Å². The maximum atomic E-state index is 12.2. The Hall–Kier alpha value is -2.67. The third kappa shape index (κ3) is 4.24. The van der Waals surface area contributed by atoms with E-state index in [0.717, 1.165) is 6.42 Å². The Balaban J connectivity index is 1.47. The average Bonchev–Trinajstić information content (AvgIpc) is 3.25. The quantitative estimate of drug-likeness (QED) is 0.689. The molecule has 132 valence electrons. The summed E-state index contributed by atoms with van der Waals surface area (Å²) in [5, 5.41) is 2.86. The summed E-state index contributed by atoms with van der Waals surface area (Å²) in [5.74, 6) is 0.0296. The summed E-state index contributed by atoms with van der Waals surface area (Å²) in [6.07, 6.45) is 2.78. The van der Waals surface area contributed by atoms with Crippen LogP contribution in [0.4, 0.5) is 0 Å². The van der Waals surface area contributed by atoms with E-state index >= 15 is 0 Å². The van der Waals surface area contributed by atoms with Gasteiger partial charge in [-0.3, -0.25) is 9.59 Å². The van der Waals surface area contributed by atoms with Crippen molar-refractivity contribution in [2.75, 3.05) is 19.6 Å². The topological polar surface area (TPSA) is 104 Å². The van der Waals surface area contributed by atoms with Crippen LogP contribution in [0.2, 0.25) is 0 Å². The van der Waals surface area contributed by atoms with E-state index < -0.39 is 0 Å². The molecule has 1 unspecified atom stereocenters. The third-order valence-electron chi connectivity index (χ3n) is 4.50. The van der Waals surface area contributed by atoms with E-state index in [1.807, 2.05) is 23.1 Å². The number of nitrogens with one attached hydrogen (secondary N) is 2. The number of likely N-dealkylation sites (tertiary alicyclic amines) is 1. The fourth-order valence-corrected chi connectivity index (χ4v) is 3.11. The highest BCUT2D eigenvalue weighted by Gasteiger charge is 2.29. The molecule has 1 aliphatic heterocycles. The first-order valence-corrected chi connectivity index (χ1v) is 8.49. The first-order chi connectivity index (χ1) is 12.2. The second-order valence-electron chi connectivity index (χ2n) is 6.29. The van der Waals surface area contributed by atoms with E-state index in [-0.39, 0.29) is 24.3 Å². The van der Waals surface area contributed by atoms with Crippen LogP contribution in [0.25, 0.3) is 0 Å². The molecular weight excluding hydrogens is 318 g/mol. The Kier molecular flexibility index (Phi) is 5.45. The van der Waals surface area contributed by atoms with Crippen LogP contribution in [-0.4, -0.2) is 46.3 Å². The summed E-state index contributed by atoms with van der Waals surface area (Å²) in [6, 6.07) is 10.1. The van der Waals surface area contributed by atoms with Crippen LogP contribution in [0.5, 0.6) is 0 Å². The third-order valence-corrected chi connectivity index (χ3v) is 4.50. The van der Waals surface area contributed by atoms with Crippen LogP contribution in [0.3, 0.4) is 0 Å². The molecule has 0 radical (unpaired) electrons. The number of aromatic amines is 1. The maximum absolute atomic E-state index is 12.2. The monoisotopic (exact) mass is 341 g/mol. The smallest absolute Gasteiger partial charge is 0.271 e. The molecule has 1 aliphatic rings. The molecule has 2 amide bonds. The Labute approximate surface area is 146 Å². The van der Waals surface area contributed by atoms with Gasteiger partial charge in [-0.25, -0.2) is 4.98 Å². The molecule has 0 saturated carbocycles. The van der Waals surface area contributed by atoms with Crippen LogP contribution in [0.1, 0.15) is 28.2 Å². The lowest BCUT2D eigenvalue weighted by Gasteiger charge is -2.17. The Morgan fingerprint density at radius 2 is 2.16 bits per heavy atom. The van der Waals surface area contributed by atoms with Crippen LogP contribution in [0, 0.1) is 5.92 Å². The fraction of sp³-hybridized carbons (Fsp3) is 0.389. The zero-order valence-electron chi connectivity index (χ0n) is 14.1. The lowest BCUT2D eigenvalue weighted by atomic mass is 10.1. The summed E-state index contributed by atoms with van der Waals surface area (Å²) >= 11 is 0. The van der Waals surface area contributed by atoms with Crippen LogP contribution in [-0.2, 0) is 17.8 Å². The van der Waals surface area contributed by atoms with Gasteiger partial charge in [-0.05, 0) is 12.0 Å². The van der Waals surface area contributed by atoms with Crippen molar-refractivity contribution in [3.05, 3.63) is 53.6 Å². The molecule has 0 spiro atoms. The van der Waals surface area contributed by atoms with E-state index in [9.17, 15) is 9.59 Å². The van der Waals surface area contributed by atoms with Gasteiger partial charge < -0.3 is 20.9 Å². The minimum absolute atomic E-state index is 0.132. The number of benzene rings is 1. The van der Waals surface area contributed by atoms with Gasteiger partial charge >= 0.3 is 0 Å². The molecule has 1 aromatic carbocycles. The highest BCUT2D eigenvalue weighted by Crippen LogP contribution is 2.18. The molecule has 2 aromatic rings. The van der Waals surface area contributed by atoms with Gasteiger partial charge in [-0.15, -0.1) is 0 Å². The number of aromatic nitrogens is 2. The van der Waals surface area contributed by atoms with E-state index in [2.05, 4.69) is 27.4 Å². The molecule has 1 atom stereocenters. The minimum Gasteiger partial charge on any atom is -0.350 e. The van der Waals surface area contributed by atoms with Gasteiger partial charge in [0, 0.05) is 38.5 Å². The number of imidazole rings is 1. The summed E-state index contributed by atoms with van der Waals surface area (Å²) in [7, 11) is 0. The molecule has 1 fully saturated rings. The Morgan fingerprint density at radius 3 is 2.92 bits per heavy atom. The standard InChI is InChI=1S/C18H23N5O2/c19-9-15-17(22-12-21-15)18(25)20-10-14-8-16(24)23(11-14)7-6-13-4-2-1-3-5-13/h1-5,12,14H,6-11,19H2,(H,20,25)(H,21,22). The van der Waals surface area contributed by atoms with Gasteiger partial charge in [0.15, 0.2) is 0 Å². The number of nitrogens with two attached hydrogens (primary N) is 1. The van der Waals surface area contributed by atoms with E-state index in [1.165, 1.54) is 11.9 Å². The highest BCUT2D eigenvalue weighted by atomic mass is 16.2. The molecule has 7 heteroatoms. The molecular formula is C18H23N5O2. The van der Waals surface area contributed by atoms with Gasteiger partial charge in [0.1, 0.15) is 5.69 Å². The first-order valence-electron chi connectivity index (χ1n) is 8.49. The largest absolute Gasteiger partial charge is 0.350 e. The molecule has 25 heavy (non-hydrogen) atoms. The summed E-state index contributed by atoms with van der Waals surface area (Å²) in [6.45, 7) is 2.08. The predicted molar refractivity (Wildman–Crippen MR) is 93.6 cm³/mol. The van der Waals surface area contributed by atoms with Gasteiger partial charge in [0.25, 0.3) is 5.91 Å². The van der Waals surface area contributed by atoms with Crippen molar-refractivity contribution in [3.63, 3.8) is 0 Å². The van der Waals surface area contributed by atoms with Crippen LogP contribution < -0.4 is 11.1 Å². The normalized spacial score (nSPS) is 17.1. The van der Waals surface area contributed by atoms with Gasteiger partial charge in [-0.1, -0.05) is 30.3 Å². The van der Waals surface area contributed by atoms with Gasteiger partial charge in [0.05, 0.1) is 12.0 Å². The molecule has 0 bridgehead atoms. The SMILES string of the molecule is NCc1[nH]cnc1C(=O)NCC1CC(=O)N(CCc2ccccc2)C1. The van der Waals surface area contributed by atoms with Crippen molar-refractivity contribution in [2.24, 2.45) is 11.7 Å². The average molecular weight is 341 g/mol. The fourth-order valence-electron chi connectivity index (χ4n) is 3.11. The molecule has 1 aromatic heterocycles. The zero-order valence-corrected chi connectivity index (χ0v) is 14.1. The van der Waals surface area contributed by atoms with Gasteiger partial charge in [-0.2, -0.15) is 0 Å². The Bertz CT molecular complexity index is 728. The van der Waals surface area contributed by atoms with E-state index in [1.54, 1.807) is 0 Å². The molecule has 3 rings (SSSR count). The number of H-pyrrole nitrogens is 1. The van der Waals surface area contributed by atoms with Crippen molar-refractivity contribution in [1.29, 1.82) is 0 Å². The number of carbonyl (C=O) groups excluding carboxylic acids is 2. The molecule has 4 N–H and O–H groups in total. The number of hydrogen-bond acceptors (Lipinski definition) is 4. The lowest BCUT2D eigenvalue weighted by molar-refractivity contribution is -0.127. The maximum Gasteiger partial charge on any atom is 0.271 e. The molecule has 1 saturated heterocycles. The zero-order chi connectivity index (χ0) is 17.6. The second kappa shape index (κ2) is 7.94. The number of amides is 2. The predicted octanol–water partition coefficient (Wildman–Crippen LogP) is 0.689. The summed E-state index contributed by atoms with van der Waals surface area (Å²) in [4.78, 5) is 33.1. The minimum atomic E-state index is -0.253. The molecule has 2 heterocycles. The van der Waals surface area contributed by atoms with Crippen molar-refractivity contribution >= 4 is 11.8 Å². The lowest BCUT2D eigenvalue weighted by Crippen LogP contribution is -2.32. The van der Waals surface area contributed by atoms with E-state index in [0.29, 0.717) is 37.4 Å². The van der Waals surface area contributed by atoms with Crippen molar-refractivity contribution in [3.8, 4) is 0 Å². The number of rotatable bonds is 7. The number of hydrogen-bond donors (Lipinski definition) is 3. The Morgan fingerprint density at radius 1 is 1.36 bits per heavy atom.